The molecule has 1 atom stereocenters. The predicted molar refractivity (Wildman–Crippen MR) is 85.6 cm³/mol. The number of halogens is 1. The number of hydrogen-bond donors (Lipinski definition) is 0. The number of rotatable bonds is 6. The van der Waals surface area contributed by atoms with Crippen molar-refractivity contribution in [3.8, 4) is 5.75 Å². The van der Waals surface area contributed by atoms with Crippen LogP contribution in [-0.2, 0) is 6.42 Å². The standard InChI is InChI=1S/C18H21ClO/c1-18(2,20-17-11-7-4-8-12-17)14-16(19)13-15-9-5-3-6-10-15/h3-12,16H,13-14H2,1-2H3. The molecular weight excluding hydrogens is 268 g/mol. The molecule has 0 aliphatic rings. The Hall–Kier alpha value is -1.47. The van der Waals surface area contributed by atoms with Crippen molar-refractivity contribution in [2.24, 2.45) is 0 Å². The molecule has 0 bridgehead atoms. The highest BCUT2D eigenvalue weighted by Crippen LogP contribution is 2.25. The maximum Gasteiger partial charge on any atom is 0.120 e. The van der Waals surface area contributed by atoms with E-state index in [9.17, 15) is 0 Å². The van der Waals surface area contributed by atoms with Crippen molar-refractivity contribution in [3.63, 3.8) is 0 Å². The van der Waals surface area contributed by atoms with Crippen LogP contribution in [0.1, 0.15) is 25.8 Å². The molecule has 0 amide bonds. The van der Waals surface area contributed by atoms with Gasteiger partial charge in [0, 0.05) is 11.8 Å². The quantitative estimate of drug-likeness (QED) is 0.673. The normalized spacial score (nSPS) is 12.9. The van der Waals surface area contributed by atoms with Crippen molar-refractivity contribution in [2.75, 3.05) is 0 Å². The summed E-state index contributed by atoms with van der Waals surface area (Å²) >= 11 is 6.49. The number of para-hydroxylation sites is 1. The molecule has 1 unspecified atom stereocenters. The molecule has 0 aliphatic carbocycles. The summed E-state index contributed by atoms with van der Waals surface area (Å²) < 4.78 is 6.03. The highest BCUT2D eigenvalue weighted by molar-refractivity contribution is 6.20. The van der Waals surface area contributed by atoms with E-state index >= 15 is 0 Å². The summed E-state index contributed by atoms with van der Waals surface area (Å²) in [6.07, 6.45) is 1.67. The van der Waals surface area contributed by atoms with Gasteiger partial charge in [-0.05, 0) is 38.0 Å². The largest absolute Gasteiger partial charge is 0.488 e. The summed E-state index contributed by atoms with van der Waals surface area (Å²) in [6.45, 7) is 4.17. The lowest BCUT2D eigenvalue weighted by molar-refractivity contribution is 0.0983. The van der Waals surface area contributed by atoms with Gasteiger partial charge in [-0.3, -0.25) is 0 Å². The van der Waals surface area contributed by atoms with Crippen LogP contribution < -0.4 is 4.74 Å². The zero-order chi connectivity index (χ0) is 14.4. The maximum absolute atomic E-state index is 6.49. The summed E-state index contributed by atoms with van der Waals surface area (Å²) in [7, 11) is 0. The summed E-state index contributed by atoms with van der Waals surface area (Å²) in [4.78, 5) is 0. The molecule has 0 N–H and O–H groups in total. The molecule has 2 rings (SSSR count). The minimum Gasteiger partial charge on any atom is -0.488 e. The Morgan fingerprint density at radius 1 is 0.950 bits per heavy atom. The summed E-state index contributed by atoms with van der Waals surface area (Å²) in [5.74, 6) is 0.890. The lowest BCUT2D eigenvalue weighted by atomic mass is 9.98. The molecule has 0 spiro atoms. The monoisotopic (exact) mass is 288 g/mol. The summed E-state index contributed by atoms with van der Waals surface area (Å²) in [5, 5.41) is 0.0658. The molecule has 0 aromatic heterocycles. The van der Waals surface area contributed by atoms with Crippen LogP contribution in [0.4, 0.5) is 0 Å². The van der Waals surface area contributed by atoms with E-state index in [0.717, 1.165) is 18.6 Å². The number of hydrogen-bond acceptors (Lipinski definition) is 1. The second kappa shape index (κ2) is 6.81. The average Bonchev–Trinajstić information content (AvgIpc) is 2.39. The van der Waals surface area contributed by atoms with Gasteiger partial charge in [-0.2, -0.15) is 0 Å². The van der Waals surface area contributed by atoms with Gasteiger partial charge in [0.1, 0.15) is 11.4 Å². The van der Waals surface area contributed by atoms with Gasteiger partial charge < -0.3 is 4.74 Å². The van der Waals surface area contributed by atoms with E-state index in [1.54, 1.807) is 0 Å². The Morgan fingerprint density at radius 3 is 2.10 bits per heavy atom. The lowest BCUT2D eigenvalue weighted by Gasteiger charge is -2.28. The van der Waals surface area contributed by atoms with Gasteiger partial charge >= 0.3 is 0 Å². The van der Waals surface area contributed by atoms with Crippen LogP contribution in [0.5, 0.6) is 5.75 Å². The molecule has 0 aliphatic heterocycles. The van der Waals surface area contributed by atoms with E-state index in [0.29, 0.717) is 0 Å². The Kier molecular flexibility index (Phi) is 5.08. The van der Waals surface area contributed by atoms with Crippen LogP contribution in [0.15, 0.2) is 60.7 Å². The van der Waals surface area contributed by atoms with Gasteiger partial charge in [-0.1, -0.05) is 48.5 Å². The van der Waals surface area contributed by atoms with Gasteiger partial charge in [0.25, 0.3) is 0 Å². The van der Waals surface area contributed by atoms with Crippen LogP contribution >= 0.6 is 11.6 Å². The molecule has 20 heavy (non-hydrogen) atoms. The van der Waals surface area contributed by atoms with Crippen LogP contribution in [0.3, 0.4) is 0 Å². The van der Waals surface area contributed by atoms with Crippen molar-refractivity contribution >= 4 is 11.6 Å². The maximum atomic E-state index is 6.49. The third-order valence-electron chi connectivity index (χ3n) is 3.15. The molecule has 0 heterocycles. The molecule has 0 radical (unpaired) electrons. The molecule has 2 heteroatoms. The van der Waals surface area contributed by atoms with E-state index in [-0.39, 0.29) is 11.0 Å². The second-order valence-corrected chi connectivity index (χ2v) is 6.28. The first-order valence-corrected chi connectivity index (χ1v) is 7.41. The van der Waals surface area contributed by atoms with Gasteiger partial charge in [0.15, 0.2) is 0 Å². The average molecular weight is 289 g/mol. The molecule has 0 saturated carbocycles. The topological polar surface area (TPSA) is 9.23 Å². The summed E-state index contributed by atoms with van der Waals surface area (Å²) in [5.41, 5.74) is 0.991. The van der Waals surface area contributed by atoms with Crippen molar-refractivity contribution in [3.05, 3.63) is 66.2 Å². The SMILES string of the molecule is CC(C)(CC(Cl)Cc1ccccc1)Oc1ccccc1. The van der Waals surface area contributed by atoms with E-state index in [2.05, 4.69) is 26.0 Å². The van der Waals surface area contributed by atoms with Crippen molar-refractivity contribution < 1.29 is 4.74 Å². The first kappa shape index (κ1) is 14.9. The van der Waals surface area contributed by atoms with Crippen LogP contribution in [0.25, 0.3) is 0 Å². The van der Waals surface area contributed by atoms with E-state index in [1.165, 1.54) is 5.56 Å². The van der Waals surface area contributed by atoms with Gasteiger partial charge in [-0.15, -0.1) is 11.6 Å². The zero-order valence-electron chi connectivity index (χ0n) is 12.1. The molecule has 0 fully saturated rings. The number of benzene rings is 2. The third-order valence-corrected chi connectivity index (χ3v) is 3.46. The van der Waals surface area contributed by atoms with Crippen LogP contribution in [0.2, 0.25) is 0 Å². The molecule has 1 nitrogen and oxygen atoms in total. The van der Waals surface area contributed by atoms with Crippen molar-refractivity contribution in [1.82, 2.24) is 0 Å². The van der Waals surface area contributed by atoms with E-state index < -0.39 is 0 Å². The molecular formula is C18H21ClO. The molecule has 106 valence electrons. The smallest absolute Gasteiger partial charge is 0.120 e. The van der Waals surface area contributed by atoms with Gasteiger partial charge in [0.2, 0.25) is 0 Å². The lowest BCUT2D eigenvalue weighted by Crippen LogP contribution is -2.32. The first-order valence-electron chi connectivity index (χ1n) is 6.97. The van der Waals surface area contributed by atoms with Crippen molar-refractivity contribution in [2.45, 2.75) is 37.7 Å². The Bertz CT molecular complexity index is 507. The molecule has 0 saturated heterocycles. The van der Waals surface area contributed by atoms with E-state index in [1.807, 2.05) is 48.5 Å². The van der Waals surface area contributed by atoms with E-state index in [4.69, 9.17) is 16.3 Å². The predicted octanol–water partition coefficient (Wildman–Crippen LogP) is 5.08. The fourth-order valence-electron chi connectivity index (χ4n) is 2.32. The molecule has 2 aromatic carbocycles. The highest BCUT2D eigenvalue weighted by Gasteiger charge is 2.24. The van der Waals surface area contributed by atoms with Gasteiger partial charge in [-0.25, -0.2) is 0 Å². The second-order valence-electron chi connectivity index (χ2n) is 5.67. The number of ether oxygens (including phenoxy) is 1. The van der Waals surface area contributed by atoms with Crippen LogP contribution in [0, 0.1) is 0 Å². The molecule has 2 aromatic rings. The number of alkyl halides is 1. The Labute approximate surface area is 126 Å². The van der Waals surface area contributed by atoms with Crippen molar-refractivity contribution in [1.29, 1.82) is 0 Å². The Morgan fingerprint density at radius 2 is 1.50 bits per heavy atom. The minimum atomic E-state index is -0.275. The first-order chi connectivity index (χ1) is 9.55. The highest BCUT2D eigenvalue weighted by atomic mass is 35.5. The fraction of sp³-hybridized carbons (Fsp3) is 0.333. The third kappa shape index (κ3) is 4.90. The zero-order valence-corrected chi connectivity index (χ0v) is 12.8. The summed E-state index contributed by atoms with van der Waals surface area (Å²) in [6, 6.07) is 20.2. The van der Waals surface area contributed by atoms with Gasteiger partial charge in [0.05, 0.1) is 0 Å². The minimum absolute atomic E-state index is 0.0658. The fourth-order valence-corrected chi connectivity index (χ4v) is 2.87. The Balaban J connectivity index is 1.90. The van der Waals surface area contributed by atoms with Crippen LogP contribution in [-0.4, -0.2) is 11.0 Å².